The maximum Gasteiger partial charge on any atom is 0.325 e. The van der Waals surface area contributed by atoms with Crippen molar-refractivity contribution in [1.82, 2.24) is 0 Å². The van der Waals surface area contributed by atoms with Gasteiger partial charge in [-0.1, -0.05) is 0 Å². The van der Waals surface area contributed by atoms with Crippen molar-refractivity contribution in [3.8, 4) is 0 Å². The molecule has 1 aromatic rings. The molecule has 0 aromatic heterocycles. The van der Waals surface area contributed by atoms with Crippen LogP contribution in [-0.4, -0.2) is 34.2 Å². The predicted octanol–water partition coefficient (Wildman–Crippen LogP) is 1.47. The van der Waals surface area contributed by atoms with E-state index in [4.69, 9.17) is 5.11 Å². The minimum Gasteiger partial charge on any atom is -0.480 e. The molecule has 1 rings (SSSR count). The second-order valence-corrected chi connectivity index (χ2v) is 3.97. The number of hydrogen-bond acceptors (Lipinski definition) is 5. The third kappa shape index (κ3) is 5.25. The van der Waals surface area contributed by atoms with E-state index in [0.29, 0.717) is 11.4 Å². The van der Waals surface area contributed by atoms with E-state index in [1.54, 1.807) is 6.92 Å². The van der Waals surface area contributed by atoms with Crippen molar-refractivity contribution in [2.75, 3.05) is 11.9 Å². The average molecular weight is 279 g/mol. The van der Waals surface area contributed by atoms with E-state index in [2.05, 4.69) is 10.3 Å². The molecule has 106 valence electrons. The van der Waals surface area contributed by atoms with Crippen LogP contribution in [0.1, 0.15) is 13.3 Å². The van der Waals surface area contributed by atoms with E-state index in [-0.39, 0.29) is 24.6 Å². The van der Waals surface area contributed by atoms with E-state index in [1.807, 2.05) is 0 Å². The second kappa shape index (κ2) is 6.98. The van der Waals surface area contributed by atoms with Crippen LogP contribution in [0.2, 0.25) is 0 Å². The van der Waals surface area contributed by atoms with Crippen molar-refractivity contribution in [3.05, 3.63) is 34.4 Å². The maximum atomic E-state index is 11.6. The number of carboxylic acid groups (broad SMARTS) is 1. The third-order valence-electron chi connectivity index (χ3n) is 2.26. The van der Waals surface area contributed by atoms with Gasteiger partial charge in [0.2, 0.25) is 5.91 Å². The molecular formula is C12H13N3O5. The molecule has 0 aliphatic carbocycles. The molecule has 0 atom stereocenters. The number of anilines is 1. The first-order valence-corrected chi connectivity index (χ1v) is 5.64. The lowest BCUT2D eigenvalue weighted by Crippen LogP contribution is -2.15. The van der Waals surface area contributed by atoms with Gasteiger partial charge < -0.3 is 10.4 Å². The number of amides is 1. The summed E-state index contributed by atoms with van der Waals surface area (Å²) in [4.78, 5) is 35.6. The number of rotatable bonds is 6. The Labute approximate surface area is 114 Å². The highest BCUT2D eigenvalue weighted by molar-refractivity contribution is 6.05. The normalized spacial score (nSPS) is 10.9. The summed E-state index contributed by atoms with van der Waals surface area (Å²) < 4.78 is 0. The number of carbonyl (C=O) groups excluding carboxylic acids is 1. The van der Waals surface area contributed by atoms with E-state index in [1.165, 1.54) is 24.3 Å². The molecule has 20 heavy (non-hydrogen) atoms. The van der Waals surface area contributed by atoms with Gasteiger partial charge in [-0.15, -0.1) is 0 Å². The summed E-state index contributed by atoms with van der Waals surface area (Å²) in [5.74, 6) is -1.44. The van der Waals surface area contributed by atoms with E-state index >= 15 is 0 Å². The van der Waals surface area contributed by atoms with Gasteiger partial charge in [-0.3, -0.25) is 24.7 Å². The number of nitrogens with zero attached hydrogens (tertiary/aromatic N) is 2. The largest absolute Gasteiger partial charge is 0.480 e. The first-order valence-electron chi connectivity index (χ1n) is 5.64. The molecule has 1 aromatic carbocycles. The molecule has 8 heteroatoms. The molecule has 0 aliphatic rings. The van der Waals surface area contributed by atoms with Crippen LogP contribution in [0.5, 0.6) is 0 Å². The van der Waals surface area contributed by atoms with Crippen molar-refractivity contribution >= 4 is 29.0 Å². The predicted molar refractivity (Wildman–Crippen MR) is 72.0 cm³/mol. The van der Waals surface area contributed by atoms with Crippen molar-refractivity contribution in [1.29, 1.82) is 0 Å². The van der Waals surface area contributed by atoms with Crippen LogP contribution < -0.4 is 5.32 Å². The maximum absolute atomic E-state index is 11.6. The standard InChI is InChI=1S/C12H13N3O5/c1-8(13-7-12(17)18)6-11(16)14-9-2-4-10(5-3-9)15(19)20/h2-5H,6-7H2,1H3,(H,14,16)(H,17,18). The summed E-state index contributed by atoms with van der Waals surface area (Å²) in [6.07, 6.45) is -0.0374. The van der Waals surface area contributed by atoms with Crippen LogP contribution >= 0.6 is 0 Å². The number of carboxylic acids is 1. The van der Waals surface area contributed by atoms with Crippen molar-refractivity contribution < 1.29 is 19.6 Å². The zero-order valence-electron chi connectivity index (χ0n) is 10.7. The van der Waals surface area contributed by atoms with E-state index < -0.39 is 10.9 Å². The van der Waals surface area contributed by atoms with Crippen molar-refractivity contribution in [2.24, 2.45) is 4.99 Å². The summed E-state index contributed by atoms with van der Waals surface area (Å²) in [7, 11) is 0. The Balaban J connectivity index is 2.56. The van der Waals surface area contributed by atoms with E-state index in [9.17, 15) is 19.7 Å². The van der Waals surface area contributed by atoms with Gasteiger partial charge in [0.15, 0.2) is 0 Å². The van der Waals surface area contributed by atoms with Gasteiger partial charge in [0.1, 0.15) is 6.54 Å². The highest BCUT2D eigenvalue weighted by atomic mass is 16.6. The highest BCUT2D eigenvalue weighted by Gasteiger charge is 2.07. The van der Waals surface area contributed by atoms with Crippen LogP contribution in [0.25, 0.3) is 0 Å². The SMILES string of the molecule is CC(CC(=O)Nc1ccc([N+](=O)[O-])cc1)=NCC(=O)O. The van der Waals surface area contributed by atoms with Gasteiger partial charge in [0, 0.05) is 23.5 Å². The van der Waals surface area contributed by atoms with Crippen LogP contribution in [0.4, 0.5) is 11.4 Å². The fraction of sp³-hybridized carbons (Fsp3) is 0.250. The van der Waals surface area contributed by atoms with Gasteiger partial charge in [0.25, 0.3) is 5.69 Å². The third-order valence-corrected chi connectivity index (χ3v) is 2.26. The number of carbonyl (C=O) groups is 2. The zero-order valence-corrected chi connectivity index (χ0v) is 10.7. The summed E-state index contributed by atoms with van der Waals surface area (Å²) in [6, 6.07) is 5.39. The molecule has 0 fully saturated rings. The first kappa shape index (κ1) is 15.3. The Kier molecular flexibility index (Phi) is 5.33. The number of nitro benzene ring substituents is 1. The first-order chi connectivity index (χ1) is 9.38. The van der Waals surface area contributed by atoms with Gasteiger partial charge >= 0.3 is 5.97 Å². The van der Waals surface area contributed by atoms with Crippen LogP contribution in [0, 0.1) is 10.1 Å². The minimum atomic E-state index is -1.07. The number of hydrogen-bond donors (Lipinski definition) is 2. The van der Waals surface area contributed by atoms with Crippen molar-refractivity contribution in [3.63, 3.8) is 0 Å². The fourth-order valence-corrected chi connectivity index (χ4v) is 1.36. The summed E-state index contributed by atoms with van der Waals surface area (Å²) in [5, 5.41) is 21.4. The molecule has 0 spiro atoms. The highest BCUT2D eigenvalue weighted by Crippen LogP contribution is 2.15. The molecule has 8 nitrogen and oxygen atoms in total. The number of nitro groups is 1. The molecule has 1 amide bonds. The number of non-ortho nitro benzene ring substituents is 1. The van der Waals surface area contributed by atoms with Crippen LogP contribution in [-0.2, 0) is 9.59 Å². The van der Waals surface area contributed by atoms with Gasteiger partial charge in [-0.05, 0) is 19.1 Å². The summed E-state index contributed by atoms with van der Waals surface area (Å²) in [6.45, 7) is 1.18. The van der Waals surface area contributed by atoms with Crippen LogP contribution in [0.15, 0.2) is 29.3 Å². The van der Waals surface area contributed by atoms with Gasteiger partial charge in [0.05, 0.1) is 11.3 Å². The molecule has 0 radical (unpaired) electrons. The molecular weight excluding hydrogens is 266 g/mol. The topological polar surface area (TPSA) is 122 Å². The Bertz CT molecular complexity index is 551. The molecule has 0 saturated heterocycles. The molecule has 0 aliphatic heterocycles. The van der Waals surface area contributed by atoms with Crippen LogP contribution in [0.3, 0.4) is 0 Å². The van der Waals surface area contributed by atoms with Gasteiger partial charge in [-0.25, -0.2) is 0 Å². The van der Waals surface area contributed by atoms with Crippen molar-refractivity contribution in [2.45, 2.75) is 13.3 Å². The lowest BCUT2D eigenvalue weighted by Gasteiger charge is -2.04. The molecule has 0 saturated carbocycles. The number of benzene rings is 1. The lowest BCUT2D eigenvalue weighted by atomic mass is 10.2. The average Bonchev–Trinajstić information content (AvgIpc) is 2.36. The second-order valence-electron chi connectivity index (χ2n) is 3.97. The fourth-order valence-electron chi connectivity index (χ4n) is 1.36. The quantitative estimate of drug-likeness (QED) is 0.464. The molecule has 2 N–H and O–H groups in total. The molecule has 0 heterocycles. The number of nitrogens with one attached hydrogen (secondary N) is 1. The Morgan fingerprint density at radius 2 is 1.95 bits per heavy atom. The number of aliphatic imine (C=N–C) groups is 1. The smallest absolute Gasteiger partial charge is 0.325 e. The van der Waals surface area contributed by atoms with E-state index in [0.717, 1.165) is 0 Å². The van der Waals surface area contributed by atoms with Gasteiger partial charge in [-0.2, -0.15) is 0 Å². The monoisotopic (exact) mass is 279 g/mol. The lowest BCUT2D eigenvalue weighted by molar-refractivity contribution is -0.384. The minimum absolute atomic E-state index is 0.0374. The summed E-state index contributed by atoms with van der Waals surface area (Å²) in [5.41, 5.74) is 0.751. The summed E-state index contributed by atoms with van der Waals surface area (Å²) >= 11 is 0. The molecule has 0 unspecified atom stereocenters. The number of aliphatic carboxylic acids is 1. The Morgan fingerprint density at radius 3 is 2.45 bits per heavy atom. The zero-order chi connectivity index (χ0) is 15.1. The molecule has 0 bridgehead atoms. The Hall–Kier alpha value is -2.77. The Morgan fingerprint density at radius 1 is 1.35 bits per heavy atom.